The van der Waals surface area contributed by atoms with Gasteiger partial charge in [0.05, 0.1) is 0 Å². The summed E-state index contributed by atoms with van der Waals surface area (Å²) in [6.07, 6.45) is 1.19. The van der Waals surface area contributed by atoms with Crippen molar-refractivity contribution in [3.63, 3.8) is 0 Å². The summed E-state index contributed by atoms with van der Waals surface area (Å²) in [5.41, 5.74) is 0.328. The van der Waals surface area contributed by atoms with E-state index in [9.17, 15) is 18.0 Å². The van der Waals surface area contributed by atoms with Gasteiger partial charge in [-0.15, -0.1) is 0 Å². The minimum absolute atomic E-state index is 0.00439. The molecule has 1 fully saturated rings. The summed E-state index contributed by atoms with van der Waals surface area (Å²) >= 11 is 0. The van der Waals surface area contributed by atoms with Crippen molar-refractivity contribution >= 4 is 21.9 Å². The fourth-order valence-electron chi connectivity index (χ4n) is 3.10. The molecule has 1 aliphatic rings. The Kier molecular flexibility index (Phi) is 6.40. The minimum atomic E-state index is -3.69. The van der Waals surface area contributed by atoms with E-state index in [-0.39, 0.29) is 48.0 Å². The van der Waals surface area contributed by atoms with E-state index in [0.29, 0.717) is 25.0 Å². The monoisotopic (exact) mass is 387 g/mol. The molecule has 0 bridgehead atoms. The molecule has 1 aromatic rings. The predicted octanol–water partition coefficient (Wildman–Crippen LogP) is 1.06. The standard InChI is InChI=1S/C16H25N3O6S/c1-10(4-5-14(20)21)17-16(22)13-6-8-19(9-7-13)26(23,24)15-11(2)18-25-12(15)3/h10,13H,4-9H2,1-3H3,(H,17,22)(H,20,21). The Morgan fingerprint density at radius 3 is 2.46 bits per heavy atom. The molecule has 0 saturated carbocycles. The highest BCUT2D eigenvalue weighted by atomic mass is 32.2. The van der Waals surface area contributed by atoms with E-state index >= 15 is 0 Å². The summed E-state index contributed by atoms with van der Waals surface area (Å²) in [7, 11) is -3.69. The molecule has 2 heterocycles. The summed E-state index contributed by atoms with van der Waals surface area (Å²) in [5, 5.41) is 15.2. The highest BCUT2D eigenvalue weighted by Gasteiger charge is 2.35. The van der Waals surface area contributed by atoms with Gasteiger partial charge in [0, 0.05) is 31.5 Å². The van der Waals surface area contributed by atoms with E-state index in [0.717, 1.165) is 0 Å². The maximum atomic E-state index is 12.8. The molecule has 1 amide bonds. The second kappa shape index (κ2) is 8.17. The number of aryl methyl sites for hydroxylation is 2. The minimum Gasteiger partial charge on any atom is -0.481 e. The predicted molar refractivity (Wildman–Crippen MR) is 91.9 cm³/mol. The third kappa shape index (κ3) is 4.61. The summed E-state index contributed by atoms with van der Waals surface area (Å²) in [4.78, 5) is 23.0. The van der Waals surface area contributed by atoms with Gasteiger partial charge in [-0.1, -0.05) is 5.16 Å². The van der Waals surface area contributed by atoms with Crippen LogP contribution in [0.4, 0.5) is 0 Å². The van der Waals surface area contributed by atoms with Crippen LogP contribution in [0.1, 0.15) is 44.1 Å². The number of sulfonamides is 1. The number of aliphatic carboxylic acids is 1. The van der Waals surface area contributed by atoms with Gasteiger partial charge in [-0.3, -0.25) is 9.59 Å². The van der Waals surface area contributed by atoms with Crippen molar-refractivity contribution in [3.8, 4) is 0 Å². The highest BCUT2D eigenvalue weighted by molar-refractivity contribution is 7.89. The van der Waals surface area contributed by atoms with Crippen LogP contribution in [0.2, 0.25) is 0 Å². The van der Waals surface area contributed by atoms with E-state index < -0.39 is 16.0 Å². The largest absolute Gasteiger partial charge is 0.481 e. The third-order valence-corrected chi connectivity index (χ3v) is 6.71. The number of rotatable bonds is 7. The summed E-state index contributed by atoms with van der Waals surface area (Å²) in [6.45, 7) is 5.40. The van der Waals surface area contributed by atoms with Gasteiger partial charge < -0.3 is 14.9 Å². The maximum absolute atomic E-state index is 12.8. The van der Waals surface area contributed by atoms with E-state index in [4.69, 9.17) is 9.63 Å². The van der Waals surface area contributed by atoms with Crippen LogP contribution in [-0.4, -0.2) is 54.0 Å². The lowest BCUT2D eigenvalue weighted by Gasteiger charge is -2.31. The molecule has 0 aromatic carbocycles. The van der Waals surface area contributed by atoms with Gasteiger partial charge in [-0.25, -0.2) is 8.42 Å². The molecule has 1 aliphatic heterocycles. The number of carbonyl (C=O) groups excluding carboxylic acids is 1. The summed E-state index contributed by atoms with van der Waals surface area (Å²) in [6, 6.07) is -0.234. The molecule has 1 unspecified atom stereocenters. The average molecular weight is 387 g/mol. The van der Waals surface area contributed by atoms with Crippen molar-refractivity contribution in [2.75, 3.05) is 13.1 Å². The number of nitrogens with one attached hydrogen (secondary N) is 1. The Bertz CT molecular complexity index is 745. The van der Waals surface area contributed by atoms with Crippen molar-refractivity contribution < 1.29 is 27.6 Å². The highest BCUT2D eigenvalue weighted by Crippen LogP contribution is 2.27. The van der Waals surface area contributed by atoms with Gasteiger partial charge in [0.25, 0.3) is 0 Å². The first-order chi connectivity index (χ1) is 12.1. The Morgan fingerprint density at radius 2 is 1.96 bits per heavy atom. The Morgan fingerprint density at radius 1 is 1.35 bits per heavy atom. The first-order valence-electron chi connectivity index (χ1n) is 8.58. The van der Waals surface area contributed by atoms with Crippen molar-refractivity contribution in [2.24, 2.45) is 5.92 Å². The van der Waals surface area contributed by atoms with Crippen LogP contribution in [0, 0.1) is 19.8 Å². The second-order valence-electron chi connectivity index (χ2n) is 6.67. The molecular formula is C16H25N3O6S. The summed E-state index contributed by atoms with van der Waals surface area (Å²) < 4.78 is 31.8. The van der Waals surface area contributed by atoms with Crippen molar-refractivity contribution in [1.29, 1.82) is 0 Å². The molecular weight excluding hydrogens is 362 g/mol. The van der Waals surface area contributed by atoms with Gasteiger partial charge in [-0.2, -0.15) is 4.31 Å². The molecule has 2 N–H and O–H groups in total. The molecule has 26 heavy (non-hydrogen) atoms. The Hall–Kier alpha value is -1.94. The van der Waals surface area contributed by atoms with Crippen molar-refractivity contribution in [1.82, 2.24) is 14.8 Å². The van der Waals surface area contributed by atoms with E-state index in [1.54, 1.807) is 20.8 Å². The number of carboxylic acid groups (broad SMARTS) is 1. The first-order valence-corrected chi connectivity index (χ1v) is 10.0. The van der Waals surface area contributed by atoms with Crippen LogP contribution in [0.5, 0.6) is 0 Å². The lowest BCUT2D eigenvalue weighted by molar-refractivity contribution is -0.137. The van der Waals surface area contributed by atoms with Crippen LogP contribution in [0.15, 0.2) is 9.42 Å². The number of amides is 1. The quantitative estimate of drug-likeness (QED) is 0.715. The molecule has 10 heteroatoms. The van der Waals surface area contributed by atoms with Crippen LogP contribution in [-0.2, 0) is 19.6 Å². The van der Waals surface area contributed by atoms with Crippen molar-refractivity contribution in [3.05, 3.63) is 11.5 Å². The third-order valence-electron chi connectivity index (χ3n) is 4.57. The maximum Gasteiger partial charge on any atom is 0.303 e. The Labute approximate surface area is 152 Å². The molecule has 2 rings (SSSR count). The topological polar surface area (TPSA) is 130 Å². The van der Waals surface area contributed by atoms with Gasteiger partial charge >= 0.3 is 5.97 Å². The number of hydrogen-bond donors (Lipinski definition) is 2. The second-order valence-corrected chi connectivity index (χ2v) is 8.55. The van der Waals surface area contributed by atoms with Gasteiger partial charge in [0.15, 0.2) is 5.76 Å². The fourth-order valence-corrected chi connectivity index (χ4v) is 4.86. The lowest BCUT2D eigenvalue weighted by atomic mass is 9.96. The van der Waals surface area contributed by atoms with Crippen molar-refractivity contribution in [2.45, 2.75) is 57.4 Å². The first kappa shape index (κ1) is 20.4. The molecule has 146 valence electrons. The molecule has 1 saturated heterocycles. The molecule has 0 aliphatic carbocycles. The SMILES string of the molecule is Cc1noc(C)c1S(=O)(=O)N1CCC(C(=O)NC(C)CCC(=O)O)CC1. The van der Waals surface area contributed by atoms with Gasteiger partial charge in [0.1, 0.15) is 10.6 Å². The smallest absolute Gasteiger partial charge is 0.303 e. The van der Waals surface area contributed by atoms with Gasteiger partial charge in [-0.05, 0) is 40.0 Å². The van der Waals surface area contributed by atoms with Gasteiger partial charge in [0.2, 0.25) is 15.9 Å². The molecule has 1 aromatic heterocycles. The van der Waals surface area contributed by atoms with E-state index in [1.165, 1.54) is 4.31 Å². The van der Waals surface area contributed by atoms with Crippen LogP contribution in [0.3, 0.4) is 0 Å². The number of aromatic nitrogens is 1. The number of nitrogens with zero attached hydrogens (tertiary/aromatic N) is 2. The lowest BCUT2D eigenvalue weighted by Crippen LogP contribution is -2.45. The molecule has 0 spiro atoms. The number of carboxylic acids is 1. The van der Waals surface area contributed by atoms with Crippen LogP contribution >= 0.6 is 0 Å². The number of hydrogen-bond acceptors (Lipinski definition) is 6. The summed E-state index contributed by atoms with van der Waals surface area (Å²) in [5.74, 6) is -1.07. The number of piperidine rings is 1. The van der Waals surface area contributed by atoms with Crippen LogP contribution in [0.25, 0.3) is 0 Å². The zero-order valence-electron chi connectivity index (χ0n) is 15.2. The molecule has 1 atom stereocenters. The zero-order chi connectivity index (χ0) is 19.5. The number of carbonyl (C=O) groups is 2. The van der Waals surface area contributed by atoms with Crippen LogP contribution < -0.4 is 5.32 Å². The fraction of sp³-hybridized carbons (Fsp3) is 0.688. The average Bonchev–Trinajstić information content (AvgIpc) is 2.92. The Balaban J connectivity index is 1.92. The zero-order valence-corrected chi connectivity index (χ0v) is 16.0. The normalized spacial score (nSPS) is 17.8. The van der Waals surface area contributed by atoms with E-state index in [1.807, 2.05) is 0 Å². The molecule has 9 nitrogen and oxygen atoms in total. The molecule has 0 radical (unpaired) electrons. The van der Waals surface area contributed by atoms with E-state index in [2.05, 4.69) is 10.5 Å².